The molecule has 7 heteroatoms. The van der Waals surface area contributed by atoms with Crippen LogP contribution in [0.15, 0.2) is 42.7 Å². The van der Waals surface area contributed by atoms with Gasteiger partial charge in [-0.15, -0.1) is 0 Å². The second kappa shape index (κ2) is 8.53. The van der Waals surface area contributed by atoms with Crippen LogP contribution in [0.1, 0.15) is 57.7 Å². The molecule has 3 aromatic rings. The molecule has 0 aliphatic carbocycles. The summed E-state index contributed by atoms with van der Waals surface area (Å²) in [6.07, 6.45) is 5.49. The summed E-state index contributed by atoms with van der Waals surface area (Å²) in [5.74, 6) is 1.97. The first-order valence-electron chi connectivity index (χ1n) is 11.0. The summed E-state index contributed by atoms with van der Waals surface area (Å²) in [5, 5.41) is 9.61. The van der Waals surface area contributed by atoms with Gasteiger partial charge in [-0.25, -0.2) is 9.97 Å². The lowest BCUT2D eigenvalue weighted by molar-refractivity contribution is -0.162. The van der Waals surface area contributed by atoms with Gasteiger partial charge in [0, 0.05) is 24.0 Å². The smallest absolute Gasteiger partial charge is 0.224 e. The molecule has 1 aliphatic heterocycles. The normalized spacial score (nSPS) is 17.4. The molecule has 2 aromatic heterocycles. The van der Waals surface area contributed by atoms with Crippen LogP contribution in [0.4, 0.5) is 0 Å². The fourth-order valence-corrected chi connectivity index (χ4v) is 4.94. The summed E-state index contributed by atoms with van der Waals surface area (Å²) in [7, 11) is 3.16. The lowest BCUT2D eigenvalue weighted by atomic mass is 9.79. The summed E-state index contributed by atoms with van der Waals surface area (Å²) in [5.41, 5.74) is 2.54. The molecule has 0 spiro atoms. The molecule has 0 N–H and O–H groups in total. The van der Waals surface area contributed by atoms with Crippen molar-refractivity contribution in [1.29, 1.82) is 5.26 Å². The van der Waals surface area contributed by atoms with Crippen LogP contribution in [0, 0.1) is 11.3 Å². The van der Waals surface area contributed by atoms with Crippen molar-refractivity contribution in [3.8, 4) is 34.8 Å². The van der Waals surface area contributed by atoms with Gasteiger partial charge in [0.1, 0.15) is 17.6 Å². The van der Waals surface area contributed by atoms with Crippen molar-refractivity contribution < 1.29 is 14.2 Å². The molecule has 0 saturated carbocycles. The predicted molar refractivity (Wildman–Crippen MR) is 126 cm³/mol. The maximum absolute atomic E-state index is 9.61. The molecule has 0 radical (unpaired) electrons. The van der Waals surface area contributed by atoms with Gasteiger partial charge in [0.05, 0.1) is 42.2 Å². The highest BCUT2D eigenvalue weighted by molar-refractivity contribution is 5.65. The molecule has 4 rings (SSSR count). The molecule has 0 unspecified atom stereocenters. The molecule has 1 aliphatic rings. The highest BCUT2D eigenvalue weighted by Gasteiger charge is 2.41. The fourth-order valence-electron chi connectivity index (χ4n) is 4.94. The molecular weight excluding hydrogens is 416 g/mol. The molecule has 3 heterocycles. The number of rotatable bonds is 5. The van der Waals surface area contributed by atoms with E-state index in [-0.39, 0.29) is 17.1 Å². The highest BCUT2D eigenvalue weighted by Crippen LogP contribution is 2.44. The number of aromatic nitrogens is 3. The van der Waals surface area contributed by atoms with Crippen molar-refractivity contribution in [3.05, 3.63) is 54.0 Å². The predicted octanol–water partition coefficient (Wildman–Crippen LogP) is 5.27. The van der Waals surface area contributed by atoms with Gasteiger partial charge in [0.25, 0.3) is 0 Å². The Labute approximate surface area is 195 Å². The Balaban J connectivity index is 1.89. The van der Waals surface area contributed by atoms with E-state index >= 15 is 0 Å². The minimum Gasteiger partial charge on any atom is -0.495 e. The van der Waals surface area contributed by atoms with E-state index < -0.39 is 0 Å². The summed E-state index contributed by atoms with van der Waals surface area (Å²) in [6, 6.07) is 11.6. The van der Waals surface area contributed by atoms with Gasteiger partial charge in [0.15, 0.2) is 0 Å². The van der Waals surface area contributed by atoms with Gasteiger partial charge in [-0.05, 0) is 70.9 Å². The van der Waals surface area contributed by atoms with Crippen LogP contribution < -0.4 is 9.47 Å². The number of methoxy groups -OCH3 is 2. The first-order chi connectivity index (χ1) is 15.7. The largest absolute Gasteiger partial charge is 0.495 e. The monoisotopic (exact) mass is 446 g/mol. The standard InChI is InChI=1S/C26H30N4O3/c1-25(2)13-18(14-26(3,4)33-25)21-16-30(19-9-10-22(31-5)17(12-19)15-27)23(29-21)20-8-7-11-28-24(20)32-6/h7-12,16,18H,13-14H2,1-6H3. The van der Waals surface area contributed by atoms with Crippen molar-refractivity contribution in [2.75, 3.05) is 14.2 Å². The van der Waals surface area contributed by atoms with E-state index in [0.717, 1.165) is 29.8 Å². The third-order valence-corrected chi connectivity index (χ3v) is 5.96. The third kappa shape index (κ3) is 4.57. The first kappa shape index (κ1) is 22.8. The van der Waals surface area contributed by atoms with E-state index in [1.807, 2.05) is 28.8 Å². The quantitative estimate of drug-likeness (QED) is 0.531. The average molecular weight is 447 g/mol. The Kier molecular flexibility index (Phi) is 5.89. The fraction of sp³-hybridized carbons (Fsp3) is 0.423. The van der Waals surface area contributed by atoms with Gasteiger partial charge in [-0.3, -0.25) is 4.57 Å². The molecular formula is C26H30N4O3. The number of hydrogen-bond acceptors (Lipinski definition) is 6. The zero-order chi connectivity index (χ0) is 23.8. The van der Waals surface area contributed by atoms with E-state index in [2.05, 4.69) is 44.9 Å². The summed E-state index contributed by atoms with van der Waals surface area (Å²) in [6.45, 7) is 8.52. The molecule has 1 saturated heterocycles. The minimum atomic E-state index is -0.254. The van der Waals surface area contributed by atoms with Crippen LogP contribution in [0.2, 0.25) is 0 Å². The van der Waals surface area contributed by atoms with Crippen molar-refractivity contribution in [3.63, 3.8) is 0 Å². The van der Waals surface area contributed by atoms with E-state index in [9.17, 15) is 5.26 Å². The Hall–Kier alpha value is -3.37. The Bertz CT molecular complexity index is 1190. The summed E-state index contributed by atoms with van der Waals surface area (Å²) >= 11 is 0. The Morgan fingerprint density at radius 2 is 1.82 bits per heavy atom. The van der Waals surface area contributed by atoms with Crippen LogP contribution in [0.25, 0.3) is 17.1 Å². The summed E-state index contributed by atoms with van der Waals surface area (Å²) in [4.78, 5) is 9.46. The number of benzene rings is 1. The Morgan fingerprint density at radius 1 is 1.09 bits per heavy atom. The number of nitrogens with zero attached hydrogens (tertiary/aromatic N) is 4. The molecule has 0 amide bonds. The number of pyridine rings is 1. The van der Waals surface area contributed by atoms with Crippen LogP contribution >= 0.6 is 0 Å². The van der Waals surface area contributed by atoms with Gasteiger partial charge >= 0.3 is 0 Å². The van der Waals surface area contributed by atoms with E-state index in [0.29, 0.717) is 23.0 Å². The van der Waals surface area contributed by atoms with Crippen LogP contribution in [0.3, 0.4) is 0 Å². The molecule has 0 atom stereocenters. The van der Waals surface area contributed by atoms with Crippen molar-refractivity contribution in [2.24, 2.45) is 0 Å². The van der Waals surface area contributed by atoms with E-state index in [1.54, 1.807) is 26.5 Å². The minimum absolute atomic E-state index is 0.222. The highest BCUT2D eigenvalue weighted by atomic mass is 16.5. The SMILES string of the molecule is COc1ccc(-n2cc(C3CC(C)(C)OC(C)(C)C3)nc2-c2cccnc2OC)cc1C#N. The van der Waals surface area contributed by atoms with Crippen LogP contribution in [-0.4, -0.2) is 40.0 Å². The third-order valence-electron chi connectivity index (χ3n) is 5.96. The topological polar surface area (TPSA) is 82.2 Å². The molecule has 7 nitrogen and oxygen atoms in total. The second-order valence-electron chi connectivity index (χ2n) is 9.64. The molecule has 0 bridgehead atoms. The Morgan fingerprint density at radius 3 is 2.45 bits per heavy atom. The number of hydrogen-bond donors (Lipinski definition) is 0. The zero-order valence-corrected chi connectivity index (χ0v) is 20.0. The van der Waals surface area contributed by atoms with Crippen molar-refractivity contribution >= 4 is 0 Å². The number of ether oxygens (including phenoxy) is 3. The second-order valence-corrected chi connectivity index (χ2v) is 9.64. The maximum Gasteiger partial charge on any atom is 0.224 e. The molecule has 33 heavy (non-hydrogen) atoms. The van der Waals surface area contributed by atoms with E-state index in [4.69, 9.17) is 19.2 Å². The van der Waals surface area contributed by atoms with Crippen molar-refractivity contribution in [1.82, 2.24) is 14.5 Å². The van der Waals surface area contributed by atoms with Gasteiger partial charge < -0.3 is 14.2 Å². The zero-order valence-electron chi connectivity index (χ0n) is 20.0. The van der Waals surface area contributed by atoms with Gasteiger partial charge in [0.2, 0.25) is 5.88 Å². The lowest BCUT2D eigenvalue weighted by Crippen LogP contribution is -2.44. The average Bonchev–Trinajstić information content (AvgIpc) is 3.22. The van der Waals surface area contributed by atoms with Gasteiger partial charge in [-0.2, -0.15) is 5.26 Å². The first-order valence-corrected chi connectivity index (χ1v) is 11.0. The summed E-state index contributed by atoms with van der Waals surface area (Å²) < 4.78 is 19.2. The molecule has 1 fully saturated rings. The van der Waals surface area contributed by atoms with E-state index in [1.165, 1.54) is 0 Å². The lowest BCUT2D eigenvalue weighted by Gasteiger charge is -2.45. The maximum atomic E-state index is 9.61. The van der Waals surface area contributed by atoms with Crippen LogP contribution in [-0.2, 0) is 4.74 Å². The van der Waals surface area contributed by atoms with Crippen molar-refractivity contribution in [2.45, 2.75) is 57.7 Å². The number of imidazole rings is 1. The van der Waals surface area contributed by atoms with Crippen LogP contribution in [0.5, 0.6) is 11.6 Å². The molecule has 1 aromatic carbocycles. The van der Waals surface area contributed by atoms with Gasteiger partial charge in [-0.1, -0.05) is 0 Å². The molecule has 172 valence electrons. The number of nitriles is 1.